The molecule has 0 saturated heterocycles. The van der Waals surface area contributed by atoms with Crippen LogP contribution < -0.4 is 0 Å². The summed E-state index contributed by atoms with van der Waals surface area (Å²) in [6.07, 6.45) is -4.09. The van der Waals surface area contributed by atoms with Crippen molar-refractivity contribution in [2.24, 2.45) is 0 Å². The zero-order valence-corrected chi connectivity index (χ0v) is 9.22. The van der Waals surface area contributed by atoms with Crippen LogP contribution in [0, 0.1) is 11.3 Å². The van der Waals surface area contributed by atoms with Crippen molar-refractivity contribution in [1.29, 1.82) is 5.26 Å². The minimum absolute atomic E-state index is 0.396. The number of carbonyl (C=O) groups is 1. The minimum atomic E-state index is -4.98. The van der Waals surface area contributed by atoms with E-state index in [1.54, 1.807) is 0 Å². The Morgan fingerprint density at radius 2 is 1.89 bits per heavy atom. The molecule has 1 aromatic heterocycles. The van der Waals surface area contributed by atoms with E-state index in [0.29, 0.717) is 11.3 Å². The van der Waals surface area contributed by atoms with Gasteiger partial charge in [0.05, 0.1) is 23.5 Å². The van der Waals surface area contributed by atoms with Crippen LogP contribution in [0.15, 0.2) is 30.5 Å². The molecule has 8 heteroatoms. The van der Waals surface area contributed by atoms with Gasteiger partial charge in [-0.3, -0.25) is 4.79 Å². The van der Waals surface area contributed by atoms with E-state index in [0.717, 1.165) is 10.9 Å². The number of carbonyl (C=O) groups excluding carboxylic acids is 1. The van der Waals surface area contributed by atoms with Crippen LogP contribution in [0.4, 0.5) is 13.2 Å². The molecule has 0 spiro atoms. The summed E-state index contributed by atoms with van der Waals surface area (Å²) in [6, 6.07) is 7.81. The molecule has 0 N–H and O–H groups in total. The highest BCUT2D eigenvalue weighted by Crippen LogP contribution is 2.20. The van der Waals surface area contributed by atoms with Gasteiger partial charge in [0.25, 0.3) is 5.78 Å². The second-order valence-corrected chi connectivity index (χ2v) is 3.53. The Morgan fingerprint density at radius 1 is 1.26 bits per heavy atom. The number of ketones is 1. The second-order valence-electron chi connectivity index (χ2n) is 3.53. The Balaban J connectivity index is 2.31. The van der Waals surface area contributed by atoms with Gasteiger partial charge in [0.15, 0.2) is 5.69 Å². The van der Waals surface area contributed by atoms with Crippen molar-refractivity contribution in [3.63, 3.8) is 0 Å². The van der Waals surface area contributed by atoms with Gasteiger partial charge in [0, 0.05) is 0 Å². The van der Waals surface area contributed by atoms with E-state index in [1.165, 1.54) is 24.3 Å². The maximum absolute atomic E-state index is 12.2. The molecule has 0 bridgehead atoms. The molecule has 0 amide bonds. The summed E-state index contributed by atoms with van der Waals surface area (Å²) in [5.74, 6) is -2.05. The average molecular weight is 266 g/mol. The van der Waals surface area contributed by atoms with Gasteiger partial charge in [-0.15, -0.1) is 5.10 Å². The molecule has 0 atom stereocenters. The van der Waals surface area contributed by atoms with Crippen LogP contribution in [-0.4, -0.2) is 27.0 Å². The Hall–Kier alpha value is -2.69. The average Bonchev–Trinajstić information content (AvgIpc) is 2.86. The number of hydrogen-bond donors (Lipinski definition) is 0. The van der Waals surface area contributed by atoms with E-state index < -0.39 is 17.7 Å². The Morgan fingerprint density at radius 3 is 2.42 bits per heavy atom. The lowest BCUT2D eigenvalue weighted by Crippen LogP contribution is -2.23. The van der Waals surface area contributed by atoms with E-state index in [9.17, 15) is 18.0 Å². The predicted octanol–water partition coefficient (Wildman–Crippen LogP) is 1.88. The van der Waals surface area contributed by atoms with Crippen molar-refractivity contribution in [3.05, 3.63) is 41.7 Å². The number of Topliss-reactive ketones (excluding diaryl/α,β-unsaturated/α-hetero) is 1. The monoisotopic (exact) mass is 266 g/mol. The number of benzene rings is 1. The fraction of sp³-hybridized carbons (Fsp3) is 0.0909. The number of alkyl halides is 3. The molecular formula is C11H5F3N4O. The zero-order chi connectivity index (χ0) is 14.0. The molecule has 0 saturated carbocycles. The van der Waals surface area contributed by atoms with Crippen molar-refractivity contribution >= 4 is 5.78 Å². The van der Waals surface area contributed by atoms with Crippen LogP contribution in [0.2, 0.25) is 0 Å². The number of aromatic nitrogens is 3. The maximum Gasteiger partial charge on any atom is 0.456 e. The SMILES string of the molecule is N#Cc1ccc(-n2cc(C(=O)C(F)(F)F)nn2)cc1. The summed E-state index contributed by atoms with van der Waals surface area (Å²) in [6.45, 7) is 0. The number of nitrogens with zero attached hydrogens (tertiary/aromatic N) is 4. The molecule has 0 aliphatic heterocycles. The van der Waals surface area contributed by atoms with Gasteiger partial charge in [-0.1, -0.05) is 5.21 Å². The molecule has 0 aliphatic carbocycles. The number of rotatable bonds is 2. The molecule has 0 fully saturated rings. The highest BCUT2D eigenvalue weighted by molar-refractivity contribution is 5.98. The van der Waals surface area contributed by atoms with E-state index in [1.807, 2.05) is 6.07 Å². The summed E-state index contributed by atoms with van der Waals surface area (Å²) in [7, 11) is 0. The Bertz CT molecular complexity index is 652. The number of halogens is 3. The third-order valence-corrected chi connectivity index (χ3v) is 2.24. The first-order chi connectivity index (χ1) is 8.91. The van der Waals surface area contributed by atoms with Crippen LogP contribution >= 0.6 is 0 Å². The molecule has 2 aromatic rings. The Labute approximate surface area is 104 Å². The van der Waals surface area contributed by atoms with Crippen molar-refractivity contribution in [2.45, 2.75) is 6.18 Å². The molecule has 0 aliphatic rings. The second kappa shape index (κ2) is 4.53. The molecule has 2 rings (SSSR count). The van der Waals surface area contributed by atoms with E-state index in [4.69, 9.17) is 5.26 Å². The lowest BCUT2D eigenvalue weighted by molar-refractivity contribution is -0.0888. The zero-order valence-electron chi connectivity index (χ0n) is 9.22. The van der Waals surface area contributed by atoms with Gasteiger partial charge >= 0.3 is 6.18 Å². The van der Waals surface area contributed by atoms with Crippen LogP contribution in [0.25, 0.3) is 5.69 Å². The largest absolute Gasteiger partial charge is 0.456 e. The minimum Gasteiger partial charge on any atom is -0.282 e. The number of hydrogen-bond acceptors (Lipinski definition) is 4. The molecule has 5 nitrogen and oxygen atoms in total. The Kier molecular flexibility index (Phi) is 3.04. The molecular weight excluding hydrogens is 261 g/mol. The van der Waals surface area contributed by atoms with Crippen molar-refractivity contribution in [1.82, 2.24) is 15.0 Å². The summed E-state index contributed by atoms with van der Waals surface area (Å²) in [5.41, 5.74) is 0.0139. The standard InChI is InChI=1S/C11H5F3N4O/c12-11(13,14)10(19)9-6-18(17-16-9)8-3-1-7(5-15)2-4-8/h1-4,6H. The van der Waals surface area contributed by atoms with Crippen molar-refractivity contribution in [3.8, 4) is 11.8 Å². The van der Waals surface area contributed by atoms with Crippen molar-refractivity contribution in [2.75, 3.05) is 0 Å². The third-order valence-electron chi connectivity index (χ3n) is 2.24. The van der Waals surface area contributed by atoms with Gasteiger partial charge < -0.3 is 0 Å². The number of nitriles is 1. The molecule has 0 unspecified atom stereocenters. The molecule has 1 heterocycles. The first kappa shape index (κ1) is 12.8. The normalized spacial score (nSPS) is 11.1. The molecule has 96 valence electrons. The summed E-state index contributed by atoms with van der Waals surface area (Å²) in [4.78, 5) is 10.9. The van der Waals surface area contributed by atoms with E-state index in [-0.39, 0.29) is 0 Å². The van der Waals surface area contributed by atoms with Crippen molar-refractivity contribution < 1.29 is 18.0 Å². The van der Waals surface area contributed by atoms with Crippen LogP contribution in [0.1, 0.15) is 16.1 Å². The van der Waals surface area contributed by atoms with E-state index in [2.05, 4.69) is 10.3 Å². The van der Waals surface area contributed by atoms with Crippen LogP contribution in [0.5, 0.6) is 0 Å². The smallest absolute Gasteiger partial charge is 0.282 e. The van der Waals surface area contributed by atoms with Gasteiger partial charge in [0.2, 0.25) is 0 Å². The quantitative estimate of drug-likeness (QED) is 0.778. The summed E-state index contributed by atoms with van der Waals surface area (Å²) >= 11 is 0. The fourth-order valence-corrected chi connectivity index (χ4v) is 1.33. The highest BCUT2D eigenvalue weighted by Gasteiger charge is 2.41. The lowest BCUT2D eigenvalue weighted by atomic mass is 10.2. The topological polar surface area (TPSA) is 71.6 Å². The summed E-state index contributed by atoms with van der Waals surface area (Å²) < 4.78 is 37.6. The highest BCUT2D eigenvalue weighted by atomic mass is 19.4. The molecule has 19 heavy (non-hydrogen) atoms. The van der Waals surface area contributed by atoms with Crippen LogP contribution in [0.3, 0.4) is 0 Å². The third kappa shape index (κ3) is 2.60. The van der Waals surface area contributed by atoms with Gasteiger partial charge in [-0.05, 0) is 24.3 Å². The summed E-state index contributed by atoms with van der Waals surface area (Å²) in [5, 5.41) is 15.2. The fourth-order valence-electron chi connectivity index (χ4n) is 1.33. The lowest BCUT2D eigenvalue weighted by Gasteiger charge is -2.00. The van der Waals surface area contributed by atoms with Crippen LogP contribution in [-0.2, 0) is 0 Å². The first-order valence-corrected chi connectivity index (χ1v) is 4.96. The van der Waals surface area contributed by atoms with E-state index >= 15 is 0 Å². The van der Waals surface area contributed by atoms with Gasteiger partial charge in [-0.2, -0.15) is 18.4 Å². The maximum atomic E-state index is 12.2. The molecule has 0 radical (unpaired) electrons. The van der Waals surface area contributed by atoms with Gasteiger partial charge in [-0.25, -0.2) is 4.68 Å². The molecule has 1 aromatic carbocycles. The van der Waals surface area contributed by atoms with Gasteiger partial charge in [0.1, 0.15) is 0 Å². The first-order valence-electron chi connectivity index (χ1n) is 4.96. The predicted molar refractivity (Wildman–Crippen MR) is 56.5 cm³/mol.